The Kier molecular flexibility index (Phi) is 5.10. The highest BCUT2D eigenvalue weighted by atomic mass is 19.1. The Morgan fingerprint density at radius 2 is 1.86 bits per heavy atom. The minimum Gasteiger partial charge on any atom is -0.387 e. The number of benzene rings is 2. The van der Waals surface area contributed by atoms with Gasteiger partial charge in [-0.2, -0.15) is 0 Å². The molecule has 0 radical (unpaired) electrons. The van der Waals surface area contributed by atoms with Crippen LogP contribution in [0, 0.1) is 19.7 Å². The molecule has 112 valence electrons. The van der Waals surface area contributed by atoms with E-state index in [0.717, 1.165) is 11.1 Å². The van der Waals surface area contributed by atoms with Gasteiger partial charge >= 0.3 is 0 Å². The summed E-state index contributed by atoms with van der Waals surface area (Å²) in [7, 11) is 0. The summed E-state index contributed by atoms with van der Waals surface area (Å²) in [6, 6.07) is 12.5. The largest absolute Gasteiger partial charge is 0.387 e. The van der Waals surface area contributed by atoms with E-state index in [1.165, 1.54) is 11.6 Å². The van der Waals surface area contributed by atoms with Crippen molar-refractivity contribution in [3.05, 3.63) is 70.5 Å². The fourth-order valence-electron chi connectivity index (χ4n) is 2.45. The highest BCUT2D eigenvalue weighted by Crippen LogP contribution is 2.22. The Morgan fingerprint density at radius 3 is 2.52 bits per heavy atom. The zero-order valence-electron chi connectivity index (χ0n) is 12.7. The number of hydrogen-bond donors (Lipinski definition) is 2. The number of aliphatic hydroxyl groups is 1. The molecule has 0 aliphatic heterocycles. The van der Waals surface area contributed by atoms with E-state index < -0.39 is 6.10 Å². The maximum Gasteiger partial charge on any atom is 0.127 e. The standard InChI is InChI=1S/C18H22FNO/c1-12-8-9-16(13(2)10-12)18(21)14(3)20-11-15-6-4-5-7-17(15)19/h4-10,14,18,20-21H,11H2,1-3H3. The van der Waals surface area contributed by atoms with Crippen LogP contribution in [0.1, 0.15) is 35.3 Å². The van der Waals surface area contributed by atoms with Gasteiger partial charge in [0.05, 0.1) is 6.10 Å². The Bertz CT molecular complexity index is 612. The van der Waals surface area contributed by atoms with Crippen molar-refractivity contribution in [1.82, 2.24) is 5.32 Å². The molecular weight excluding hydrogens is 265 g/mol. The van der Waals surface area contributed by atoms with Crippen LogP contribution in [0.25, 0.3) is 0 Å². The summed E-state index contributed by atoms with van der Waals surface area (Å²) >= 11 is 0. The molecule has 0 aliphatic carbocycles. The number of rotatable bonds is 5. The van der Waals surface area contributed by atoms with Crippen molar-refractivity contribution in [2.75, 3.05) is 0 Å². The van der Waals surface area contributed by atoms with Crippen molar-refractivity contribution < 1.29 is 9.50 Å². The van der Waals surface area contributed by atoms with E-state index in [1.54, 1.807) is 12.1 Å². The monoisotopic (exact) mass is 287 g/mol. The van der Waals surface area contributed by atoms with E-state index in [-0.39, 0.29) is 11.9 Å². The third-order valence-electron chi connectivity index (χ3n) is 3.79. The highest BCUT2D eigenvalue weighted by Gasteiger charge is 2.18. The molecule has 2 aromatic carbocycles. The van der Waals surface area contributed by atoms with Gasteiger partial charge in [0.15, 0.2) is 0 Å². The molecule has 21 heavy (non-hydrogen) atoms. The molecular formula is C18H22FNO. The average molecular weight is 287 g/mol. The van der Waals surface area contributed by atoms with Gasteiger partial charge in [0.1, 0.15) is 5.82 Å². The Labute approximate surface area is 125 Å². The number of halogens is 1. The van der Waals surface area contributed by atoms with Crippen LogP contribution in [0.15, 0.2) is 42.5 Å². The average Bonchev–Trinajstić information content (AvgIpc) is 2.45. The smallest absolute Gasteiger partial charge is 0.127 e. The van der Waals surface area contributed by atoms with E-state index in [9.17, 15) is 9.50 Å². The minimum atomic E-state index is -0.614. The van der Waals surface area contributed by atoms with Crippen molar-refractivity contribution in [2.24, 2.45) is 0 Å². The van der Waals surface area contributed by atoms with E-state index in [2.05, 4.69) is 11.4 Å². The number of hydrogen-bond acceptors (Lipinski definition) is 2. The second-order valence-corrected chi connectivity index (χ2v) is 5.57. The van der Waals surface area contributed by atoms with Crippen molar-refractivity contribution in [3.8, 4) is 0 Å². The van der Waals surface area contributed by atoms with Crippen molar-refractivity contribution in [3.63, 3.8) is 0 Å². The fourth-order valence-corrected chi connectivity index (χ4v) is 2.45. The Hall–Kier alpha value is -1.71. The molecule has 0 fully saturated rings. The Morgan fingerprint density at radius 1 is 1.14 bits per heavy atom. The Balaban J connectivity index is 2.03. The number of nitrogens with one attached hydrogen (secondary N) is 1. The molecule has 0 saturated heterocycles. The maximum atomic E-state index is 13.6. The quantitative estimate of drug-likeness (QED) is 0.879. The van der Waals surface area contributed by atoms with Gasteiger partial charge < -0.3 is 10.4 Å². The zero-order valence-corrected chi connectivity index (χ0v) is 12.7. The molecule has 2 nitrogen and oxygen atoms in total. The third kappa shape index (κ3) is 3.90. The molecule has 0 saturated carbocycles. The maximum absolute atomic E-state index is 13.6. The molecule has 2 unspecified atom stereocenters. The normalized spacial score (nSPS) is 14.0. The first kappa shape index (κ1) is 15.7. The summed E-state index contributed by atoms with van der Waals surface area (Å²) in [5.41, 5.74) is 3.77. The molecule has 0 aromatic heterocycles. The van der Waals surface area contributed by atoms with Crippen LogP contribution in [-0.4, -0.2) is 11.1 Å². The molecule has 0 bridgehead atoms. The van der Waals surface area contributed by atoms with Crippen LogP contribution in [0.5, 0.6) is 0 Å². The van der Waals surface area contributed by atoms with Gasteiger partial charge in [-0.05, 0) is 38.0 Å². The topological polar surface area (TPSA) is 32.3 Å². The second kappa shape index (κ2) is 6.83. The summed E-state index contributed by atoms with van der Waals surface area (Å²) < 4.78 is 13.6. The first-order chi connectivity index (χ1) is 9.99. The molecule has 2 aromatic rings. The molecule has 3 heteroatoms. The van der Waals surface area contributed by atoms with Gasteiger partial charge in [-0.1, -0.05) is 42.0 Å². The van der Waals surface area contributed by atoms with E-state index in [4.69, 9.17) is 0 Å². The van der Waals surface area contributed by atoms with Crippen LogP contribution < -0.4 is 5.32 Å². The lowest BCUT2D eigenvalue weighted by molar-refractivity contribution is 0.134. The summed E-state index contributed by atoms with van der Waals surface area (Å²) in [5, 5.41) is 13.6. The van der Waals surface area contributed by atoms with Crippen LogP contribution >= 0.6 is 0 Å². The molecule has 0 amide bonds. The van der Waals surface area contributed by atoms with Crippen LogP contribution in [0.3, 0.4) is 0 Å². The van der Waals surface area contributed by atoms with Crippen molar-refractivity contribution in [1.29, 1.82) is 0 Å². The molecule has 0 spiro atoms. The first-order valence-corrected chi connectivity index (χ1v) is 7.21. The summed E-state index contributed by atoms with van der Waals surface area (Å²) in [4.78, 5) is 0. The van der Waals surface area contributed by atoms with Gasteiger partial charge in [-0.3, -0.25) is 0 Å². The fraction of sp³-hybridized carbons (Fsp3) is 0.333. The third-order valence-corrected chi connectivity index (χ3v) is 3.79. The van der Waals surface area contributed by atoms with Crippen LogP contribution in [-0.2, 0) is 6.54 Å². The van der Waals surface area contributed by atoms with Gasteiger partial charge in [0.25, 0.3) is 0 Å². The lowest BCUT2D eigenvalue weighted by atomic mass is 9.97. The van der Waals surface area contributed by atoms with Crippen LogP contribution in [0.2, 0.25) is 0 Å². The number of aliphatic hydroxyl groups excluding tert-OH is 1. The lowest BCUT2D eigenvalue weighted by Crippen LogP contribution is -2.32. The lowest BCUT2D eigenvalue weighted by Gasteiger charge is -2.22. The molecule has 0 aliphatic rings. The van der Waals surface area contributed by atoms with Gasteiger partial charge in [0.2, 0.25) is 0 Å². The first-order valence-electron chi connectivity index (χ1n) is 7.21. The molecule has 2 rings (SSSR count). The summed E-state index contributed by atoms with van der Waals surface area (Å²) in [6.45, 7) is 6.33. The minimum absolute atomic E-state index is 0.161. The van der Waals surface area contributed by atoms with E-state index in [1.807, 2.05) is 39.0 Å². The van der Waals surface area contributed by atoms with Crippen molar-refractivity contribution in [2.45, 2.75) is 39.5 Å². The second-order valence-electron chi connectivity index (χ2n) is 5.57. The predicted octanol–water partition coefficient (Wildman–Crippen LogP) is 3.65. The van der Waals surface area contributed by atoms with Gasteiger partial charge in [0, 0.05) is 18.2 Å². The number of aryl methyl sites for hydroxylation is 2. The van der Waals surface area contributed by atoms with Crippen molar-refractivity contribution >= 4 is 0 Å². The van der Waals surface area contributed by atoms with E-state index in [0.29, 0.717) is 12.1 Å². The molecule has 2 atom stereocenters. The van der Waals surface area contributed by atoms with Gasteiger partial charge in [-0.25, -0.2) is 4.39 Å². The highest BCUT2D eigenvalue weighted by molar-refractivity contribution is 5.32. The van der Waals surface area contributed by atoms with E-state index >= 15 is 0 Å². The molecule has 0 heterocycles. The predicted molar refractivity (Wildman–Crippen MR) is 83.6 cm³/mol. The summed E-state index contributed by atoms with van der Waals surface area (Å²) in [6.07, 6.45) is -0.614. The zero-order chi connectivity index (χ0) is 15.4. The SMILES string of the molecule is Cc1ccc(C(O)C(C)NCc2ccccc2F)c(C)c1. The molecule has 2 N–H and O–H groups in total. The summed E-state index contributed by atoms with van der Waals surface area (Å²) in [5.74, 6) is -0.224. The van der Waals surface area contributed by atoms with Crippen LogP contribution in [0.4, 0.5) is 4.39 Å². The van der Waals surface area contributed by atoms with Gasteiger partial charge in [-0.15, -0.1) is 0 Å².